The van der Waals surface area contributed by atoms with Gasteiger partial charge in [-0.05, 0) is 25.7 Å². The van der Waals surface area contributed by atoms with Crippen molar-refractivity contribution in [1.29, 1.82) is 0 Å². The molecule has 0 aliphatic heterocycles. The van der Waals surface area contributed by atoms with E-state index in [-0.39, 0.29) is 23.5 Å². The minimum absolute atomic E-state index is 0.0725. The minimum Gasteiger partial charge on any atom is -0.328 e. The van der Waals surface area contributed by atoms with Crippen LogP contribution in [0.1, 0.15) is 38.5 Å². The molecule has 16 heavy (non-hydrogen) atoms. The van der Waals surface area contributed by atoms with E-state index in [2.05, 4.69) is 0 Å². The van der Waals surface area contributed by atoms with Crippen LogP contribution in [0.4, 0.5) is 0 Å². The predicted molar refractivity (Wildman–Crippen MR) is 63.9 cm³/mol. The number of sulfone groups is 1. The van der Waals surface area contributed by atoms with Crippen LogP contribution in [0.3, 0.4) is 0 Å². The Bertz CT molecular complexity index is 337. The molecule has 0 amide bonds. The fourth-order valence-electron chi connectivity index (χ4n) is 2.23. The van der Waals surface area contributed by atoms with Crippen LogP contribution >= 0.6 is 0 Å². The largest absolute Gasteiger partial charge is 0.328 e. The summed E-state index contributed by atoms with van der Waals surface area (Å²) >= 11 is 0. The first-order chi connectivity index (χ1) is 7.38. The quantitative estimate of drug-likeness (QED) is 0.783. The summed E-state index contributed by atoms with van der Waals surface area (Å²) in [5.41, 5.74) is 5.81. The summed E-state index contributed by atoms with van der Waals surface area (Å²) in [4.78, 5) is 11.8. The number of carbonyl (C=O) groups is 1. The first-order valence-corrected chi connectivity index (χ1v) is 7.90. The topological polar surface area (TPSA) is 77.2 Å². The molecule has 0 aromatic carbocycles. The van der Waals surface area contributed by atoms with Gasteiger partial charge < -0.3 is 5.73 Å². The Kier molecular flexibility index (Phi) is 4.92. The van der Waals surface area contributed by atoms with Crippen LogP contribution in [0.5, 0.6) is 0 Å². The van der Waals surface area contributed by atoms with E-state index in [1.165, 1.54) is 6.26 Å². The fourth-order valence-corrected chi connectivity index (χ4v) is 2.90. The molecule has 2 unspecified atom stereocenters. The molecule has 0 radical (unpaired) electrons. The van der Waals surface area contributed by atoms with Gasteiger partial charge >= 0.3 is 0 Å². The molecule has 0 aromatic rings. The molecule has 0 saturated heterocycles. The van der Waals surface area contributed by atoms with Crippen molar-refractivity contribution in [2.24, 2.45) is 11.7 Å². The molecule has 0 spiro atoms. The Morgan fingerprint density at radius 2 is 2.06 bits per heavy atom. The minimum atomic E-state index is -2.94. The third-order valence-corrected chi connectivity index (χ3v) is 4.14. The lowest BCUT2D eigenvalue weighted by molar-refractivity contribution is -0.123. The molecule has 1 aliphatic rings. The molecule has 2 atom stereocenters. The predicted octanol–water partition coefficient (Wildman–Crippen LogP) is 0.898. The molecule has 5 heteroatoms. The van der Waals surface area contributed by atoms with Gasteiger partial charge in [-0.1, -0.05) is 6.42 Å². The maximum absolute atomic E-state index is 11.8. The summed E-state index contributed by atoms with van der Waals surface area (Å²) in [5, 5.41) is 0. The van der Waals surface area contributed by atoms with Crippen LogP contribution in [0.15, 0.2) is 0 Å². The van der Waals surface area contributed by atoms with Gasteiger partial charge in [-0.2, -0.15) is 0 Å². The van der Waals surface area contributed by atoms with Gasteiger partial charge in [-0.15, -0.1) is 0 Å². The zero-order valence-electron chi connectivity index (χ0n) is 9.81. The molecule has 2 N–H and O–H groups in total. The van der Waals surface area contributed by atoms with Crippen LogP contribution in [-0.2, 0) is 14.6 Å². The van der Waals surface area contributed by atoms with E-state index < -0.39 is 9.84 Å². The molecule has 4 nitrogen and oxygen atoms in total. The van der Waals surface area contributed by atoms with Crippen LogP contribution < -0.4 is 5.73 Å². The van der Waals surface area contributed by atoms with Gasteiger partial charge in [-0.25, -0.2) is 8.42 Å². The van der Waals surface area contributed by atoms with Crippen LogP contribution in [0.2, 0.25) is 0 Å². The van der Waals surface area contributed by atoms with E-state index in [0.717, 1.165) is 25.7 Å². The van der Waals surface area contributed by atoms with E-state index in [4.69, 9.17) is 5.73 Å². The highest BCUT2D eigenvalue weighted by atomic mass is 32.2. The third-order valence-electron chi connectivity index (χ3n) is 3.11. The summed E-state index contributed by atoms with van der Waals surface area (Å²) in [6.07, 6.45) is 5.75. The monoisotopic (exact) mass is 247 g/mol. The summed E-state index contributed by atoms with van der Waals surface area (Å²) in [6.45, 7) is 0. The van der Waals surface area contributed by atoms with Crippen molar-refractivity contribution in [3.63, 3.8) is 0 Å². The summed E-state index contributed by atoms with van der Waals surface area (Å²) in [6, 6.07) is 0.151. The molecule has 0 heterocycles. The molecular formula is C11H21NO3S. The van der Waals surface area contributed by atoms with Crippen molar-refractivity contribution in [2.45, 2.75) is 44.6 Å². The van der Waals surface area contributed by atoms with Crippen molar-refractivity contribution in [1.82, 2.24) is 0 Å². The number of nitrogens with two attached hydrogens (primary N) is 1. The average Bonchev–Trinajstić information content (AvgIpc) is 2.15. The molecule has 1 fully saturated rings. The Labute approximate surface area is 97.5 Å². The normalized spacial score (nSPS) is 26.6. The van der Waals surface area contributed by atoms with Crippen LogP contribution in [0.25, 0.3) is 0 Å². The van der Waals surface area contributed by atoms with E-state index in [0.29, 0.717) is 12.8 Å². The second-order valence-electron chi connectivity index (χ2n) is 4.82. The lowest BCUT2D eigenvalue weighted by Gasteiger charge is -2.25. The highest BCUT2D eigenvalue weighted by Gasteiger charge is 2.24. The number of carbonyl (C=O) groups excluding carboxylic acids is 1. The lowest BCUT2D eigenvalue weighted by atomic mass is 9.82. The zero-order valence-corrected chi connectivity index (χ0v) is 10.6. The summed E-state index contributed by atoms with van der Waals surface area (Å²) in [7, 11) is -2.94. The lowest BCUT2D eigenvalue weighted by Crippen LogP contribution is -2.31. The molecular weight excluding hydrogens is 226 g/mol. The van der Waals surface area contributed by atoms with E-state index in [1.807, 2.05) is 0 Å². The third kappa shape index (κ3) is 5.07. The second kappa shape index (κ2) is 5.77. The summed E-state index contributed by atoms with van der Waals surface area (Å²) < 4.78 is 21.8. The maximum atomic E-state index is 11.8. The smallest absolute Gasteiger partial charge is 0.147 e. The Morgan fingerprint density at radius 1 is 1.38 bits per heavy atom. The van der Waals surface area contributed by atoms with Crippen molar-refractivity contribution < 1.29 is 13.2 Å². The number of hydrogen-bond donors (Lipinski definition) is 1. The molecule has 1 saturated carbocycles. The molecule has 94 valence electrons. The number of hydrogen-bond acceptors (Lipinski definition) is 4. The molecule has 1 aliphatic carbocycles. The molecule has 1 rings (SSSR count). The summed E-state index contributed by atoms with van der Waals surface area (Å²) in [5.74, 6) is 0.374. The Hall–Kier alpha value is -0.420. The van der Waals surface area contributed by atoms with Crippen LogP contribution in [0, 0.1) is 5.92 Å². The molecule has 0 aromatic heterocycles. The maximum Gasteiger partial charge on any atom is 0.147 e. The van der Waals surface area contributed by atoms with Crippen molar-refractivity contribution in [3.05, 3.63) is 0 Å². The van der Waals surface area contributed by atoms with E-state index in [1.54, 1.807) is 0 Å². The SMILES string of the molecule is CS(=O)(=O)CCCC(=O)C1CCCC(N)C1. The Morgan fingerprint density at radius 3 is 2.62 bits per heavy atom. The van der Waals surface area contributed by atoms with E-state index >= 15 is 0 Å². The average molecular weight is 247 g/mol. The molecule has 0 bridgehead atoms. The standard InChI is InChI=1S/C11H21NO3S/c1-16(14,15)7-3-6-11(13)9-4-2-5-10(12)8-9/h9-10H,2-8,12H2,1H3. The van der Waals surface area contributed by atoms with Crippen molar-refractivity contribution >= 4 is 15.6 Å². The van der Waals surface area contributed by atoms with E-state index in [9.17, 15) is 13.2 Å². The van der Waals surface area contributed by atoms with Gasteiger partial charge in [0.05, 0.1) is 5.75 Å². The first-order valence-electron chi connectivity index (χ1n) is 5.84. The number of rotatable bonds is 5. The number of Topliss-reactive ketones (excluding diaryl/α,β-unsaturated/α-hetero) is 1. The Balaban J connectivity index is 2.29. The zero-order chi connectivity index (χ0) is 12.2. The highest BCUT2D eigenvalue weighted by Crippen LogP contribution is 2.25. The highest BCUT2D eigenvalue weighted by molar-refractivity contribution is 7.90. The van der Waals surface area contributed by atoms with Gasteiger partial charge in [0.1, 0.15) is 15.6 Å². The van der Waals surface area contributed by atoms with Gasteiger partial charge in [0.2, 0.25) is 0 Å². The second-order valence-corrected chi connectivity index (χ2v) is 7.08. The van der Waals surface area contributed by atoms with Crippen molar-refractivity contribution in [3.8, 4) is 0 Å². The first kappa shape index (κ1) is 13.6. The van der Waals surface area contributed by atoms with Crippen LogP contribution in [-0.4, -0.2) is 32.3 Å². The van der Waals surface area contributed by atoms with Crippen molar-refractivity contribution in [2.75, 3.05) is 12.0 Å². The van der Waals surface area contributed by atoms with Gasteiger partial charge in [0.15, 0.2) is 0 Å². The fraction of sp³-hybridized carbons (Fsp3) is 0.909. The van der Waals surface area contributed by atoms with Gasteiger partial charge in [-0.3, -0.25) is 4.79 Å². The number of ketones is 1. The van der Waals surface area contributed by atoms with Gasteiger partial charge in [0.25, 0.3) is 0 Å². The van der Waals surface area contributed by atoms with Gasteiger partial charge in [0, 0.05) is 24.6 Å².